The van der Waals surface area contributed by atoms with Gasteiger partial charge in [0, 0.05) is 38.0 Å². The van der Waals surface area contributed by atoms with Crippen LogP contribution in [-0.4, -0.2) is 56.4 Å². The van der Waals surface area contributed by atoms with Crippen molar-refractivity contribution in [2.45, 2.75) is 25.0 Å². The number of nitrogens with one attached hydrogen (secondary N) is 1. The fourth-order valence-corrected chi connectivity index (χ4v) is 4.36. The molecule has 1 aromatic rings. The summed E-state index contributed by atoms with van der Waals surface area (Å²) in [5.74, 6) is 0.652. The number of rotatable bonds is 4. The maximum absolute atomic E-state index is 13.1. The maximum Gasteiger partial charge on any atom is 0.193 e. The summed E-state index contributed by atoms with van der Waals surface area (Å²) in [4.78, 5) is 6.66. The van der Waals surface area contributed by atoms with Crippen molar-refractivity contribution in [1.29, 1.82) is 0 Å². The van der Waals surface area contributed by atoms with Gasteiger partial charge >= 0.3 is 0 Å². The Kier molecular flexibility index (Phi) is 4.50. The van der Waals surface area contributed by atoms with E-state index in [1.54, 1.807) is 7.05 Å². The van der Waals surface area contributed by atoms with Gasteiger partial charge in [0.25, 0.3) is 0 Å². The number of halogens is 2. The molecule has 3 aliphatic heterocycles. The van der Waals surface area contributed by atoms with Crippen molar-refractivity contribution in [3.8, 4) is 5.75 Å². The van der Waals surface area contributed by atoms with E-state index in [4.69, 9.17) is 9.47 Å². The van der Waals surface area contributed by atoms with E-state index < -0.39 is 11.6 Å². The number of fused-ring (bicyclic) bond motifs is 5. The van der Waals surface area contributed by atoms with Crippen LogP contribution in [0.1, 0.15) is 12.8 Å². The third-order valence-corrected chi connectivity index (χ3v) is 5.51. The van der Waals surface area contributed by atoms with E-state index in [1.165, 1.54) is 18.9 Å². The Morgan fingerprint density at radius 1 is 1.24 bits per heavy atom. The van der Waals surface area contributed by atoms with E-state index >= 15 is 0 Å². The Labute approximate surface area is 146 Å². The van der Waals surface area contributed by atoms with Gasteiger partial charge in [0.2, 0.25) is 0 Å². The zero-order valence-electron chi connectivity index (χ0n) is 14.3. The van der Waals surface area contributed by atoms with Crippen LogP contribution in [0.25, 0.3) is 0 Å². The first-order valence-electron chi connectivity index (χ1n) is 8.84. The van der Waals surface area contributed by atoms with E-state index in [0.29, 0.717) is 42.9 Å². The minimum Gasteiger partial charge on any atom is -0.492 e. The number of hydrogen-bond donors (Lipinski definition) is 1. The smallest absolute Gasteiger partial charge is 0.193 e. The Hall–Kier alpha value is -1.89. The molecule has 0 amide bonds. The number of hydrogen-bond acceptors (Lipinski definition) is 3. The number of nitrogens with zero attached hydrogens (tertiary/aromatic N) is 2. The third-order valence-electron chi connectivity index (χ3n) is 5.51. The Balaban J connectivity index is 1.25. The van der Waals surface area contributed by atoms with E-state index in [2.05, 4.69) is 15.2 Å². The zero-order valence-corrected chi connectivity index (χ0v) is 14.3. The van der Waals surface area contributed by atoms with Crippen LogP contribution in [0.5, 0.6) is 5.75 Å². The fraction of sp³-hybridized carbons (Fsp3) is 0.611. The van der Waals surface area contributed by atoms with Crippen LogP contribution in [0.2, 0.25) is 0 Å². The molecule has 0 aliphatic carbocycles. The molecule has 5 nitrogen and oxygen atoms in total. The van der Waals surface area contributed by atoms with Gasteiger partial charge in [-0.2, -0.15) is 0 Å². The molecular formula is C18H23F2N3O2. The van der Waals surface area contributed by atoms with Gasteiger partial charge in [-0.1, -0.05) is 0 Å². The van der Waals surface area contributed by atoms with Gasteiger partial charge in [-0.05, 0) is 25.0 Å². The van der Waals surface area contributed by atoms with Gasteiger partial charge in [0.1, 0.15) is 12.4 Å². The van der Waals surface area contributed by atoms with Crippen molar-refractivity contribution in [2.24, 2.45) is 16.8 Å². The number of ether oxygens (including phenoxy) is 2. The van der Waals surface area contributed by atoms with E-state index in [0.717, 1.165) is 31.2 Å². The molecule has 0 aromatic heterocycles. The number of likely N-dealkylation sites (tertiary alicyclic amines) is 1. The molecule has 4 rings (SSSR count). The minimum atomic E-state index is -0.901. The molecule has 3 heterocycles. The monoisotopic (exact) mass is 351 g/mol. The largest absolute Gasteiger partial charge is 0.492 e. The topological polar surface area (TPSA) is 46.1 Å². The lowest BCUT2D eigenvalue weighted by Gasteiger charge is -2.23. The molecular weight excluding hydrogens is 328 g/mol. The molecule has 1 N–H and O–H groups in total. The van der Waals surface area contributed by atoms with Crippen LogP contribution in [0.3, 0.4) is 0 Å². The van der Waals surface area contributed by atoms with E-state index in [9.17, 15) is 8.78 Å². The second-order valence-electron chi connectivity index (χ2n) is 6.92. The van der Waals surface area contributed by atoms with Crippen LogP contribution in [0.15, 0.2) is 23.2 Å². The number of benzene rings is 1. The minimum absolute atomic E-state index is 0.320. The van der Waals surface area contributed by atoms with Crippen LogP contribution in [0, 0.1) is 23.5 Å². The molecule has 25 heavy (non-hydrogen) atoms. The molecule has 3 fully saturated rings. The summed E-state index contributed by atoms with van der Waals surface area (Å²) >= 11 is 0. The van der Waals surface area contributed by atoms with Gasteiger partial charge in [-0.25, -0.2) is 8.78 Å². The summed E-state index contributed by atoms with van der Waals surface area (Å²) in [6.07, 6.45) is 3.23. The van der Waals surface area contributed by atoms with Gasteiger partial charge in [0.05, 0.1) is 18.8 Å². The van der Waals surface area contributed by atoms with Crippen molar-refractivity contribution in [2.75, 3.05) is 33.3 Å². The van der Waals surface area contributed by atoms with E-state index in [-0.39, 0.29) is 0 Å². The molecule has 0 radical (unpaired) electrons. The van der Waals surface area contributed by atoms with Gasteiger partial charge in [-0.15, -0.1) is 0 Å². The van der Waals surface area contributed by atoms with Gasteiger partial charge < -0.3 is 19.7 Å². The first-order chi connectivity index (χ1) is 12.2. The van der Waals surface area contributed by atoms with Crippen molar-refractivity contribution in [3.05, 3.63) is 29.8 Å². The van der Waals surface area contributed by atoms with Crippen LogP contribution < -0.4 is 10.1 Å². The predicted molar refractivity (Wildman–Crippen MR) is 89.7 cm³/mol. The lowest BCUT2D eigenvalue weighted by Crippen LogP contribution is -2.42. The number of guanidine groups is 1. The normalized spacial score (nSPS) is 30.7. The first-order valence-corrected chi connectivity index (χ1v) is 8.84. The fourth-order valence-electron chi connectivity index (χ4n) is 4.36. The highest BCUT2D eigenvalue weighted by molar-refractivity contribution is 5.80. The molecule has 4 unspecified atom stereocenters. The summed E-state index contributed by atoms with van der Waals surface area (Å²) < 4.78 is 37.5. The Morgan fingerprint density at radius 3 is 2.60 bits per heavy atom. The van der Waals surface area contributed by atoms with Crippen molar-refractivity contribution in [1.82, 2.24) is 10.2 Å². The highest BCUT2D eigenvalue weighted by atomic mass is 19.2. The average molecular weight is 351 g/mol. The molecule has 0 spiro atoms. The molecule has 4 atom stereocenters. The highest BCUT2D eigenvalue weighted by Crippen LogP contribution is 2.47. The summed E-state index contributed by atoms with van der Waals surface area (Å²) in [5, 5.41) is 3.29. The second kappa shape index (κ2) is 6.78. The summed E-state index contributed by atoms with van der Waals surface area (Å²) in [5.41, 5.74) is 0. The molecule has 7 heteroatoms. The Morgan fingerprint density at radius 2 is 1.96 bits per heavy atom. The SMILES string of the molecule is CN=C(NCCOc1ccc(F)c(F)c1)N1CC2C3CCC(O3)C2C1. The van der Waals surface area contributed by atoms with Crippen molar-refractivity contribution in [3.63, 3.8) is 0 Å². The zero-order chi connectivity index (χ0) is 17.4. The lowest BCUT2D eigenvalue weighted by molar-refractivity contribution is 0.0767. The molecule has 136 valence electrons. The Bertz CT molecular complexity index is 652. The summed E-state index contributed by atoms with van der Waals surface area (Å²) in [6, 6.07) is 3.54. The predicted octanol–water partition coefficient (Wildman–Crippen LogP) is 2.03. The standard InChI is InChI=1S/C18H23F2N3O2/c1-21-18(22-6-7-24-11-2-3-14(19)15(20)8-11)23-9-12-13(10-23)17-5-4-16(12)25-17/h2-3,8,12-13,16-17H,4-7,9-10H2,1H3,(H,21,22). The third kappa shape index (κ3) is 3.17. The molecule has 1 aromatic carbocycles. The van der Waals surface area contributed by atoms with Gasteiger partial charge in [0.15, 0.2) is 17.6 Å². The molecule has 2 bridgehead atoms. The van der Waals surface area contributed by atoms with Crippen LogP contribution in [0.4, 0.5) is 8.78 Å². The first kappa shape index (κ1) is 16.6. The second-order valence-corrected chi connectivity index (χ2v) is 6.92. The average Bonchev–Trinajstić information content (AvgIpc) is 3.30. The van der Waals surface area contributed by atoms with Crippen molar-refractivity contribution < 1.29 is 18.3 Å². The van der Waals surface area contributed by atoms with Crippen molar-refractivity contribution >= 4 is 5.96 Å². The molecule has 0 saturated carbocycles. The summed E-state index contributed by atoms with van der Waals surface area (Å²) in [6.45, 7) is 2.85. The number of aliphatic imine (C=N–C) groups is 1. The highest BCUT2D eigenvalue weighted by Gasteiger charge is 2.53. The molecule has 3 saturated heterocycles. The van der Waals surface area contributed by atoms with Crippen LogP contribution >= 0.6 is 0 Å². The summed E-state index contributed by atoms with van der Waals surface area (Å²) in [7, 11) is 1.78. The van der Waals surface area contributed by atoms with E-state index in [1.807, 2.05) is 0 Å². The quantitative estimate of drug-likeness (QED) is 0.512. The molecule has 3 aliphatic rings. The lowest BCUT2D eigenvalue weighted by atomic mass is 9.82. The maximum atomic E-state index is 13.1. The van der Waals surface area contributed by atoms with Crippen LogP contribution in [-0.2, 0) is 4.74 Å². The van der Waals surface area contributed by atoms with Gasteiger partial charge in [-0.3, -0.25) is 4.99 Å².